The van der Waals surface area contributed by atoms with Crippen molar-refractivity contribution in [2.75, 3.05) is 24.4 Å². The molecular weight excluding hydrogens is 348 g/mol. The van der Waals surface area contributed by atoms with Crippen LogP contribution in [0.1, 0.15) is 13.8 Å². The SMILES string of the molecule is COc1nc2c(c(=O)n1C)N[C@@H]1[C@H](OC(C)=O)[C@@H](OC(C)=O)CO[C@@H]1N2. The molecule has 3 rings (SSSR count). The van der Waals surface area contributed by atoms with E-state index in [-0.39, 0.29) is 29.7 Å². The van der Waals surface area contributed by atoms with E-state index in [1.165, 1.54) is 32.6 Å². The largest absolute Gasteiger partial charge is 0.468 e. The molecule has 142 valence electrons. The van der Waals surface area contributed by atoms with E-state index in [4.69, 9.17) is 18.9 Å². The zero-order chi connectivity index (χ0) is 19.0. The van der Waals surface area contributed by atoms with Crippen LogP contribution in [0.5, 0.6) is 6.01 Å². The number of ether oxygens (including phenoxy) is 4. The van der Waals surface area contributed by atoms with Crippen LogP contribution in [0.25, 0.3) is 0 Å². The third-order valence-electron chi connectivity index (χ3n) is 4.13. The predicted octanol–water partition coefficient (Wildman–Crippen LogP) is -0.785. The van der Waals surface area contributed by atoms with Crippen molar-refractivity contribution in [1.82, 2.24) is 9.55 Å². The van der Waals surface area contributed by atoms with Crippen molar-refractivity contribution in [2.24, 2.45) is 7.05 Å². The molecule has 1 aromatic rings. The molecule has 11 heteroatoms. The number of esters is 2. The van der Waals surface area contributed by atoms with Crippen molar-refractivity contribution in [1.29, 1.82) is 0 Å². The molecule has 2 N–H and O–H groups in total. The predicted molar refractivity (Wildman–Crippen MR) is 87.9 cm³/mol. The number of rotatable bonds is 3. The van der Waals surface area contributed by atoms with Crippen LogP contribution in [0.15, 0.2) is 4.79 Å². The number of hydrogen-bond donors (Lipinski definition) is 2. The van der Waals surface area contributed by atoms with Crippen molar-refractivity contribution >= 4 is 23.4 Å². The minimum absolute atomic E-state index is 0.0185. The lowest BCUT2D eigenvalue weighted by atomic mass is 9.98. The fraction of sp³-hybridized carbons (Fsp3) is 0.600. The summed E-state index contributed by atoms with van der Waals surface area (Å²) in [6.07, 6.45) is -2.30. The van der Waals surface area contributed by atoms with Gasteiger partial charge in [-0.3, -0.25) is 19.0 Å². The van der Waals surface area contributed by atoms with E-state index in [9.17, 15) is 14.4 Å². The minimum Gasteiger partial charge on any atom is -0.468 e. The highest BCUT2D eigenvalue weighted by molar-refractivity contribution is 5.69. The standard InChI is InChI=1S/C15H20N4O7/c1-6(20)25-8-5-24-13-9(11(8)26-7(2)21)16-10-12(17-13)18-15(23-4)19(3)14(10)22/h8-9,11,13,16-17H,5H2,1-4H3/t8-,9+,11+,13-/m0/s1. The summed E-state index contributed by atoms with van der Waals surface area (Å²) in [6.45, 7) is 2.53. The van der Waals surface area contributed by atoms with Gasteiger partial charge in [-0.2, -0.15) is 4.98 Å². The van der Waals surface area contributed by atoms with E-state index >= 15 is 0 Å². The fourth-order valence-corrected chi connectivity index (χ4v) is 3.05. The smallest absolute Gasteiger partial charge is 0.303 e. The third kappa shape index (κ3) is 3.17. The first-order valence-corrected chi connectivity index (χ1v) is 7.96. The summed E-state index contributed by atoms with van der Waals surface area (Å²) >= 11 is 0. The monoisotopic (exact) mass is 368 g/mol. The Labute approximate surface area is 148 Å². The quantitative estimate of drug-likeness (QED) is 0.655. The number of nitrogens with zero attached hydrogens (tertiary/aromatic N) is 2. The molecule has 1 saturated heterocycles. The van der Waals surface area contributed by atoms with Gasteiger partial charge >= 0.3 is 17.9 Å². The van der Waals surface area contributed by atoms with Crippen LogP contribution in [0.4, 0.5) is 11.5 Å². The first-order chi connectivity index (χ1) is 12.3. The second-order valence-electron chi connectivity index (χ2n) is 5.98. The second-order valence-corrected chi connectivity index (χ2v) is 5.98. The molecule has 2 aliphatic rings. The molecule has 1 fully saturated rings. The lowest BCUT2D eigenvalue weighted by Crippen LogP contribution is -2.63. The van der Waals surface area contributed by atoms with Gasteiger partial charge < -0.3 is 29.6 Å². The van der Waals surface area contributed by atoms with Gasteiger partial charge in [-0.05, 0) is 0 Å². The Hall–Kier alpha value is -2.82. The number of fused-ring (bicyclic) bond motifs is 2. The molecule has 1 aromatic heterocycles. The number of anilines is 2. The van der Waals surface area contributed by atoms with Crippen LogP contribution in [-0.2, 0) is 30.8 Å². The molecule has 0 radical (unpaired) electrons. The zero-order valence-corrected chi connectivity index (χ0v) is 14.8. The van der Waals surface area contributed by atoms with Crippen molar-refractivity contribution in [2.45, 2.75) is 38.3 Å². The number of hydrogen-bond acceptors (Lipinski definition) is 10. The van der Waals surface area contributed by atoms with E-state index in [1.807, 2.05) is 0 Å². The molecule has 0 unspecified atom stereocenters. The number of nitrogens with one attached hydrogen (secondary N) is 2. The molecule has 0 spiro atoms. The van der Waals surface area contributed by atoms with E-state index in [2.05, 4.69) is 15.6 Å². The number of carbonyl (C=O) groups is 2. The number of methoxy groups -OCH3 is 1. The topological polar surface area (TPSA) is 130 Å². The molecule has 26 heavy (non-hydrogen) atoms. The normalized spacial score (nSPS) is 26.5. The van der Waals surface area contributed by atoms with Gasteiger partial charge in [0.25, 0.3) is 5.56 Å². The molecule has 0 aromatic carbocycles. The summed E-state index contributed by atoms with van der Waals surface area (Å²) in [6, 6.07) is -0.529. The van der Waals surface area contributed by atoms with Crippen molar-refractivity contribution in [3.05, 3.63) is 10.4 Å². The van der Waals surface area contributed by atoms with E-state index in [0.717, 1.165) is 0 Å². The Morgan fingerprint density at radius 2 is 1.92 bits per heavy atom. The average molecular weight is 368 g/mol. The Morgan fingerprint density at radius 3 is 2.54 bits per heavy atom. The molecule has 0 amide bonds. The van der Waals surface area contributed by atoms with Gasteiger partial charge in [0, 0.05) is 20.9 Å². The fourth-order valence-electron chi connectivity index (χ4n) is 3.05. The first-order valence-electron chi connectivity index (χ1n) is 7.96. The Kier molecular flexibility index (Phi) is 4.72. The summed E-state index contributed by atoms with van der Waals surface area (Å²) in [7, 11) is 2.93. The molecule has 11 nitrogen and oxygen atoms in total. The maximum absolute atomic E-state index is 12.6. The van der Waals surface area contributed by atoms with Crippen molar-refractivity contribution < 1.29 is 28.5 Å². The Morgan fingerprint density at radius 1 is 1.23 bits per heavy atom. The Bertz CT molecular complexity index is 793. The maximum Gasteiger partial charge on any atom is 0.303 e. The lowest BCUT2D eigenvalue weighted by Gasteiger charge is -2.44. The van der Waals surface area contributed by atoms with E-state index in [1.54, 1.807) is 0 Å². The van der Waals surface area contributed by atoms with Gasteiger partial charge in [-0.25, -0.2) is 0 Å². The molecule has 4 atom stereocenters. The summed E-state index contributed by atoms with van der Waals surface area (Å²) in [5.74, 6) is -0.805. The first kappa shape index (κ1) is 18.0. The maximum atomic E-state index is 12.6. The highest BCUT2D eigenvalue weighted by Gasteiger charge is 2.47. The summed E-state index contributed by atoms with van der Waals surface area (Å²) in [4.78, 5) is 39.7. The van der Waals surface area contributed by atoms with Crippen LogP contribution in [0.2, 0.25) is 0 Å². The van der Waals surface area contributed by atoms with Gasteiger partial charge in [-0.1, -0.05) is 0 Å². The molecule has 2 aliphatic heterocycles. The van der Waals surface area contributed by atoms with Gasteiger partial charge in [0.1, 0.15) is 11.7 Å². The molecule has 0 saturated carbocycles. The van der Waals surface area contributed by atoms with E-state index < -0.39 is 36.4 Å². The molecule has 0 aliphatic carbocycles. The molecule has 3 heterocycles. The summed E-state index contributed by atoms with van der Waals surface area (Å²) in [5.41, 5.74) is -0.201. The van der Waals surface area contributed by atoms with E-state index in [0.29, 0.717) is 0 Å². The summed E-state index contributed by atoms with van der Waals surface area (Å²) < 4.78 is 22.5. The highest BCUT2D eigenvalue weighted by atomic mass is 16.6. The average Bonchev–Trinajstić information content (AvgIpc) is 2.58. The summed E-state index contributed by atoms with van der Waals surface area (Å²) in [5, 5.41) is 6.01. The second kappa shape index (κ2) is 6.83. The number of aromatic nitrogens is 2. The van der Waals surface area contributed by atoms with Gasteiger partial charge in [0.15, 0.2) is 24.3 Å². The number of carbonyl (C=O) groups excluding carboxylic acids is 2. The van der Waals surface area contributed by atoms with Gasteiger partial charge in [0.2, 0.25) is 0 Å². The zero-order valence-electron chi connectivity index (χ0n) is 14.8. The minimum atomic E-state index is -0.845. The Balaban J connectivity index is 1.97. The lowest BCUT2D eigenvalue weighted by molar-refractivity contribution is -0.187. The molecule has 0 bridgehead atoms. The van der Waals surface area contributed by atoms with Crippen LogP contribution in [-0.4, -0.2) is 59.7 Å². The van der Waals surface area contributed by atoms with Crippen LogP contribution < -0.4 is 20.9 Å². The third-order valence-corrected chi connectivity index (χ3v) is 4.13. The van der Waals surface area contributed by atoms with Crippen LogP contribution in [0, 0.1) is 0 Å². The van der Waals surface area contributed by atoms with Gasteiger partial charge in [0.05, 0.1) is 13.7 Å². The van der Waals surface area contributed by atoms with Crippen molar-refractivity contribution in [3.63, 3.8) is 0 Å². The molecular formula is C15H20N4O7. The van der Waals surface area contributed by atoms with Crippen molar-refractivity contribution in [3.8, 4) is 6.01 Å². The van der Waals surface area contributed by atoms with Crippen LogP contribution >= 0.6 is 0 Å². The van der Waals surface area contributed by atoms with Crippen LogP contribution in [0.3, 0.4) is 0 Å². The van der Waals surface area contributed by atoms with Gasteiger partial charge in [-0.15, -0.1) is 0 Å². The highest BCUT2D eigenvalue weighted by Crippen LogP contribution is 2.32.